The van der Waals surface area contributed by atoms with Crippen molar-refractivity contribution in [2.24, 2.45) is 0 Å². The van der Waals surface area contributed by atoms with E-state index in [2.05, 4.69) is 17.5 Å². The maximum Gasteiger partial charge on any atom is 0.492 e. The van der Waals surface area contributed by atoms with Gasteiger partial charge in [-0.25, -0.2) is 13.7 Å². The fraction of sp³-hybridized carbons (Fsp3) is 1.00. The Bertz CT molecular complexity index is 331. The van der Waals surface area contributed by atoms with Crippen LogP contribution in [0.15, 0.2) is 0 Å². The average Bonchev–Trinajstić information content (AvgIpc) is 1.75. The zero-order valence-corrected chi connectivity index (χ0v) is 9.48. The summed E-state index contributed by atoms with van der Waals surface area (Å²) in [7, 11) is -14.3. The Morgan fingerprint density at radius 3 is 1.86 bits per heavy atom. The lowest BCUT2D eigenvalue weighted by atomic mass is 10.9. The lowest BCUT2D eigenvalue weighted by Crippen LogP contribution is -2.05. The highest BCUT2D eigenvalue weighted by Gasteiger charge is 2.53. The van der Waals surface area contributed by atoms with Crippen LogP contribution in [0, 0.1) is 0 Å². The Hall–Kier alpha value is 0.450. The summed E-state index contributed by atoms with van der Waals surface area (Å²) in [5.41, 5.74) is 0. The van der Waals surface area contributed by atoms with Crippen LogP contribution in [0.1, 0.15) is 6.92 Å². The lowest BCUT2D eigenvalue weighted by Gasteiger charge is -2.26. The van der Waals surface area contributed by atoms with Crippen molar-refractivity contribution in [1.29, 1.82) is 0 Å². The van der Waals surface area contributed by atoms with Gasteiger partial charge in [-0.05, 0) is 6.92 Å². The molecular weight excluding hydrogens is 261 g/mol. The Labute approximate surface area is 78.8 Å². The van der Waals surface area contributed by atoms with Crippen LogP contribution in [-0.4, -0.2) is 16.4 Å². The van der Waals surface area contributed by atoms with Crippen LogP contribution in [0.3, 0.4) is 0 Å². The van der Waals surface area contributed by atoms with Crippen LogP contribution < -0.4 is 0 Å². The highest BCUT2D eigenvalue weighted by molar-refractivity contribution is 7.74. The molecule has 0 amide bonds. The van der Waals surface area contributed by atoms with Gasteiger partial charge in [-0.3, -0.25) is 4.52 Å². The molecule has 2 unspecified atom stereocenters. The van der Waals surface area contributed by atoms with Gasteiger partial charge >= 0.3 is 23.5 Å². The van der Waals surface area contributed by atoms with Crippen molar-refractivity contribution >= 4 is 23.5 Å². The third kappa shape index (κ3) is 3.24. The summed E-state index contributed by atoms with van der Waals surface area (Å²) >= 11 is 0. The van der Waals surface area contributed by atoms with Crippen molar-refractivity contribution in [3.8, 4) is 0 Å². The van der Waals surface area contributed by atoms with Crippen molar-refractivity contribution in [2.75, 3.05) is 6.61 Å². The quantitative estimate of drug-likeness (QED) is 0.713. The zero-order chi connectivity index (χ0) is 11.0. The number of hydrogen-bond donors (Lipinski definition) is 2. The van der Waals surface area contributed by atoms with Gasteiger partial charge in [0, 0.05) is 0 Å². The van der Waals surface area contributed by atoms with Gasteiger partial charge in [0.25, 0.3) is 0 Å². The van der Waals surface area contributed by atoms with Crippen molar-refractivity contribution in [3.05, 3.63) is 0 Å². The standard InChI is InChI=1S/C2H7O9P3/c1-2-8-14(7)10-12(3,4)9-13(5,6)11-14/h2H2,1H3,(H,3,4)(H,5,6). The summed E-state index contributed by atoms with van der Waals surface area (Å²) in [6.45, 7) is 1.18. The minimum absolute atomic E-state index is 0.197. The predicted molar refractivity (Wildman–Crippen MR) is 42.1 cm³/mol. The molecule has 0 aromatic heterocycles. The van der Waals surface area contributed by atoms with E-state index in [0.717, 1.165) is 0 Å². The van der Waals surface area contributed by atoms with Crippen molar-refractivity contribution < 1.29 is 40.9 Å². The van der Waals surface area contributed by atoms with Crippen LogP contribution in [0.25, 0.3) is 0 Å². The number of rotatable bonds is 2. The fourth-order valence-corrected chi connectivity index (χ4v) is 5.55. The van der Waals surface area contributed by atoms with E-state index < -0.39 is 23.5 Å². The second-order valence-electron chi connectivity index (χ2n) is 2.05. The first-order valence-electron chi connectivity index (χ1n) is 3.22. The molecule has 0 saturated carbocycles. The number of hydrogen-bond acceptors (Lipinski definition) is 7. The molecule has 2 atom stereocenters. The van der Waals surface area contributed by atoms with Gasteiger partial charge in [-0.1, -0.05) is 0 Å². The van der Waals surface area contributed by atoms with Crippen molar-refractivity contribution in [1.82, 2.24) is 0 Å². The van der Waals surface area contributed by atoms with E-state index in [1.54, 1.807) is 0 Å². The first-order chi connectivity index (χ1) is 6.18. The highest BCUT2D eigenvalue weighted by atomic mass is 31.3. The third-order valence-electron chi connectivity index (χ3n) is 0.900. The van der Waals surface area contributed by atoms with Gasteiger partial charge < -0.3 is 9.79 Å². The molecule has 1 heterocycles. The molecule has 14 heavy (non-hydrogen) atoms. The second kappa shape index (κ2) is 3.79. The van der Waals surface area contributed by atoms with Crippen molar-refractivity contribution in [2.45, 2.75) is 6.92 Å². The summed E-state index contributed by atoms with van der Waals surface area (Å²) in [5.74, 6) is 0. The minimum atomic E-state index is -4.89. The van der Waals surface area contributed by atoms with Crippen molar-refractivity contribution in [3.63, 3.8) is 0 Å². The van der Waals surface area contributed by atoms with Crippen LogP contribution in [0.5, 0.6) is 0 Å². The highest BCUT2D eigenvalue weighted by Crippen LogP contribution is 2.79. The maximum atomic E-state index is 11.3. The van der Waals surface area contributed by atoms with Gasteiger partial charge in [-0.15, -0.1) is 0 Å². The van der Waals surface area contributed by atoms with E-state index in [4.69, 9.17) is 9.79 Å². The summed E-state index contributed by atoms with van der Waals surface area (Å²) in [6.07, 6.45) is 0. The first kappa shape index (κ1) is 12.5. The molecule has 2 N–H and O–H groups in total. The smallest absolute Gasteiger partial charge is 0.302 e. The molecule has 12 heteroatoms. The van der Waals surface area contributed by atoms with E-state index in [0.29, 0.717) is 0 Å². The SMILES string of the molecule is CCOP1(=O)OP(=O)(O)OP(=O)(O)O1. The molecule has 84 valence electrons. The van der Waals surface area contributed by atoms with Gasteiger partial charge in [0.2, 0.25) is 0 Å². The molecule has 1 aliphatic rings. The van der Waals surface area contributed by atoms with E-state index in [-0.39, 0.29) is 6.61 Å². The van der Waals surface area contributed by atoms with E-state index in [1.807, 2.05) is 0 Å². The molecule has 1 saturated heterocycles. The summed E-state index contributed by atoms with van der Waals surface area (Å²) < 4.78 is 48.6. The molecule has 1 rings (SSSR count). The molecular formula is C2H7O9P3. The van der Waals surface area contributed by atoms with Gasteiger partial charge in [0.05, 0.1) is 6.61 Å². The Kier molecular flexibility index (Phi) is 3.39. The summed E-state index contributed by atoms with van der Waals surface area (Å²) in [5, 5.41) is 0. The van der Waals surface area contributed by atoms with Crippen LogP contribution >= 0.6 is 23.5 Å². The fourth-order valence-electron chi connectivity index (χ4n) is 0.633. The molecule has 9 nitrogen and oxygen atoms in total. The Morgan fingerprint density at radius 1 is 1.07 bits per heavy atom. The third-order valence-corrected chi connectivity index (χ3v) is 6.38. The normalized spacial score (nSPS) is 49.1. The molecule has 0 bridgehead atoms. The van der Waals surface area contributed by atoms with E-state index in [1.165, 1.54) is 6.92 Å². The van der Waals surface area contributed by atoms with Crippen LogP contribution in [0.4, 0.5) is 0 Å². The maximum absolute atomic E-state index is 11.3. The molecule has 0 aromatic carbocycles. The second-order valence-corrected chi connectivity index (χ2v) is 7.03. The minimum Gasteiger partial charge on any atom is -0.302 e. The summed E-state index contributed by atoms with van der Waals surface area (Å²) in [4.78, 5) is 17.4. The van der Waals surface area contributed by atoms with Gasteiger partial charge in [0.1, 0.15) is 0 Å². The van der Waals surface area contributed by atoms with Crippen LogP contribution in [-0.2, 0) is 31.2 Å². The number of phosphoric acid groups is 3. The molecule has 0 spiro atoms. The largest absolute Gasteiger partial charge is 0.492 e. The molecule has 0 radical (unpaired) electrons. The monoisotopic (exact) mass is 268 g/mol. The van der Waals surface area contributed by atoms with Crippen LogP contribution in [0.2, 0.25) is 0 Å². The zero-order valence-electron chi connectivity index (χ0n) is 6.80. The van der Waals surface area contributed by atoms with E-state index >= 15 is 0 Å². The Morgan fingerprint density at radius 2 is 1.50 bits per heavy atom. The lowest BCUT2D eigenvalue weighted by molar-refractivity contribution is 0.140. The molecule has 1 aliphatic heterocycles. The molecule has 0 aliphatic carbocycles. The first-order valence-corrected chi connectivity index (χ1v) is 7.67. The van der Waals surface area contributed by atoms with Gasteiger partial charge in [-0.2, -0.15) is 12.9 Å². The topological polar surface area (TPSA) is 129 Å². The summed E-state index contributed by atoms with van der Waals surface area (Å²) in [6, 6.07) is 0. The van der Waals surface area contributed by atoms with Gasteiger partial charge in [0.15, 0.2) is 0 Å². The Balaban J connectivity index is 2.98. The average molecular weight is 268 g/mol. The van der Waals surface area contributed by atoms with E-state index in [9.17, 15) is 13.7 Å². The molecule has 0 aromatic rings. The molecule has 1 fully saturated rings. The predicted octanol–water partition coefficient (Wildman–Crippen LogP) is 1.40.